The number of thioether (sulfide) groups is 1. The summed E-state index contributed by atoms with van der Waals surface area (Å²) in [7, 11) is 0. The molecule has 0 spiro atoms. The van der Waals surface area contributed by atoms with Gasteiger partial charge >= 0.3 is 0 Å². The molecule has 0 saturated carbocycles. The predicted octanol–water partition coefficient (Wildman–Crippen LogP) is 3.26. The Balaban J connectivity index is 1.83. The van der Waals surface area contributed by atoms with Crippen LogP contribution in [0.25, 0.3) is 0 Å². The number of hydrogen-bond acceptors (Lipinski definition) is 5. The Hall–Kier alpha value is -1.53. The van der Waals surface area contributed by atoms with E-state index in [1.807, 2.05) is 37.4 Å². The van der Waals surface area contributed by atoms with Crippen LogP contribution in [0.3, 0.4) is 0 Å². The van der Waals surface area contributed by atoms with E-state index in [2.05, 4.69) is 10.3 Å². The molecule has 0 saturated heterocycles. The summed E-state index contributed by atoms with van der Waals surface area (Å²) < 4.78 is 5.64. The van der Waals surface area contributed by atoms with Crippen LogP contribution in [0.5, 0.6) is 5.75 Å². The Morgan fingerprint density at radius 3 is 2.71 bits per heavy atom. The normalized spacial score (nSPS) is 12.0. The van der Waals surface area contributed by atoms with Crippen LogP contribution >= 0.6 is 23.1 Å². The van der Waals surface area contributed by atoms with Gasteiger partial charge in [-0.05, 0) is 44.4 Å². The number of rotatable bonds is 6. The van der Waals surface area contributed by atoms with Crippen LogP contribution in [0.1, 0.15) is 16.8 Å². The molecule has 0 radical (unpaired) electrons. The average molecular weight is 322 g/mol. The van der Waals surface area contributed by atoms with E-state index in [0.29, 0.717) is 12.3 Å². The number of hydrogen-bond donors (Lipinski definition) is 1. The summed E-state index contributed by atoms with van der Waals surface area (Å²) in [5.74, 6) is 0.569. The lowest BCUT2D eigenvalue weighted by atomic mass is 10.3. The quantitative estimate of drug-likeness (QED) is 0.830. The van der Waals surface area contributed by atoms with Crippen molar-refractivity contribution in [2.45, 2.75) is 31.4 Å². The van der Waals surface area contributed by atoms with Crippen molar-refractivity contribution in [2.24, 2.45) is 0 Å². The summed E-state index contributed by atoms with van der Waals surface area (Å²) in [5.41, 5.74) is 0. The first-order valence-electron chi connectivity index (χ1n) is 6.58. The number of nitrogens with one attached hydrogen (secondary N) is 1. The summed E-state index contributed by atoms with van der Waals surface area (Å²) in [4.78, 5) is 18.4. The molecule has 1 aromatic carbocycles. The van der Waals surface area contributed by atoms with Gasteiger partial charge in [0.25, 0.3) is 5.91 Å². The number of aryl methyl sites for hydroxylation is 1. The first-order chi connectivity index (χ1) is 10.1. The van der Waals surface area contributed by atoms with Crippen LogP contribution in [0.15, 0.2) is 35.4 Å². The zero-order chi connectivity index (χ0) is 15.2. The summed E-state index contributed by atoms with van der Waals surface area (Å²) in [6.45, 7) is 4.18. The summed E-state index contributed by atoms with van der Waals surface area (Å²) in [5, 5.41) is 3.85. The molecule has 1 aromatic heterocycles. The smallest absolute Gasteiger partial charge is 0.261 e. The molecular formula is C15H18N2O2S2. The highest BCUT2D eigenvalue weighted by Gasteiger charge is 2.14. The molecule has 1 amide bonds. The van der Waals surface area contributed by atoms with Gasteiger partial charge in [-0.1, -0.05) is 0 Å². The molecule has 2 aromatic rings. The maximum absolute atomic E-state index is 12.0. The Morgan fingerprint density at radius 1 is 1.43 bits per heavy atom. The van der Waals surface area contributed by atoms with Gasteiger partial charge in [0, 0.05) is 16.0 Å². The summed E-state index contributed by atoms with van der Waals surface area (Å²) >= 11 is 3.25. The second-order valence-electron chi connectivity index (χ2n) is 4.50. The number of ether oxygens (including phenoxy) is 1. The van der Waals surface area contributed by atoms with Gasteiger partial charge in [-0.2, -0.15) is 0 Å². The van der Waals surface area contributed by atoms with Crippen LogP contribution in [-0.2, 0) is 11.3 Å². The zero-order valence-corrected chi connectivity index (χ0v) is 13.9. The highest BCUT2D eigenvalue weighted by atomic mass is 32.2. The van der Waals surface area contributed by atoms with Crippen molar-refractivity contribution in [1.82, 2.24) is 10.3 Å². The number of benzene rings is 1. The van der Waals surface area contributed by atoms with Gasteiger partial charge in [-0.25, -0.2) is 4.98 Å². The van der Waals surface area contributed by atoms with Crippen LogP contribution in [0, 0.1) is 6.92 Å². The monoisotopic (exact) mass is 322 g/mol. The fraction of sp³-hybridized carbons (Fsp3) is 0.333. The van der Waals surface area contributed by atoms with Crippen LogP contribution in [0.2, 0.25) is 0 Å². The molecule has 0 unspecified atom stereocenters. The van der Waals surface area contributed by atoms with E-state index < -0.39 is 6.10 Å². The van der Waals surface area contributed by atoms with Gasteiger partial charge in [0.15, 0.2) is 6.10 Å². The minimum atomic E-state index is -0.529. The molecule has 0 aliphatic carbocycles. The van der Waals surface area contributed by atoms with Crippen molar-refractivity contribution < 1.29 is 9.53 Å². The Bertz CT molecular complexity index is 596. The molecule has 4 nitrogen and oxygen atoms in total. The molecule has 0 aliphatic heterocycles. The molecule has 6 heteroatoms. The second kappa shape index (κ2) is 7.47. The van der Waals surface area contributed by atoms with E-state index in [9.17, 15) is 4.79 Å². The molecule has 1 heterocycles. The van der Waals surface area contributed by atoms with Crippen molar-refractivity contribution in [2.75, 3.05) is 6.26 Å². The first kappa shape index (κ1) is 15.9. The molecule has 1 atom stereocenters. The first-order valence-corrected chi connectivity index (χ1v) is 8.62. The minimum absolute atomic E-state index is 0.130. The molecule has 112 valence electrons. The van der Waals surface area contributed by atoms with Crippen LogP contribution in [0.4, 0.5) is 0 Å². The van der Waals surface area contributed by atoms with Gasteiger partial charge in [0.2, 0.25) is 0 Å². The van der Waals surface area contributed by atoms with E-state index in [1.165, 1.54) is 4.90 Å². The molecule has 0 fully saturated rings. The van der Waals surface area contributed by atoms with Crippen molar-refractivity contribution in [3.8, 4) is 5.75 Å². The van der Waals surface area contributed by atoms with Crippen molar-refractivity contribution in [3.63, 3.8) is 0 Å². The number of nitrogens with zero attached hydrogens (tertiary/aromatic N) is 1. The number of carbonyl (C=O) groups excluding carboxylic acids is 1. The SMILES string of the molecule is CSc1ccc(O[C@@H](C)C(=O)NCc2cnc(C)s2)cc1. The fourth-order valence-corrected chi connectivity index (χ4v) is 2.86. The largest absolute Gasteiger partial charge is 0.481 e. The molecule has 21 heavy (non-hydrogen) atoms. The Labute approximate surface area is 132 Å². The van der Waals surface area contributed by atoms with E-state index in [4.69, 9.17) is 4.74 Å². The molecule has 0 bridgehead atoms. The number of carbonyl (C=O) groups is 1. The summed E-state index contributed by atoms with van der Waals surface area (Å²) in [6, 6.07) is 7.71. The molecule has 2 rings (SSSR count). The Morgan fingerprint density at radius 2 is 2.14 bits per heavy atom. The van der Waals surface area contributed by atoms with Gasteiger partial charge in [0.05, 0.1) is 11.6 Å². The predicted molar refractivity (Wildman–Crippen MR) is 87.0 cm³/mol. The third-order valence-electron chi connectivity index (χ3n) is 2.85. The fourth-order valence-electron chi connectivity index (χ4n) is 1.72. The van der Waals surface area contributed by atoms with E-state index in [-0.39, 0.29) is 5.91 Å². The highest BCUT2D eigenvalue weighted by Crippen LogP contribution is 2.19. The summed E-state index contributed by atoms with van der Waals surface area (Å²) in [6.07, 6.45) is 3.28. The van der Waals surface area contributed by atoms with E-state index >= 15 is 0 Å². The lowest BCUT2D eigenvalue weighted by Gasteiger charge is -2.14. The molecule has 0 aliphatic rings. The third kappa shape index (κ3) is 4.75. The number of aromatic nitrogens is 1. The van der Waals surface area contributed by atoms with Crippen LogP contribution < -0.4 is 10.1 Å². The van der Waals surface area contributed by atoms with Crippen molar-refractivity contribution in [3.05, 3.63) is 40.3 Å². The van der Waals surface area contributed by atoms with Gasteiger partial charge in [-0.15, -0.1) is 23.1 Å². The van der Waals surface area contributed by atoms with Crippen molar-refractivity contribution >= 4 is 29.0 Å². The lowest BCUT2D eigenvalue weighted by molar-refractivity contribution is -0.127. The van der Waals surface area contributed by atoms with E-state index in [1.54, 1.807) is 36.2 Å². The number of thiazole rings is 1. The van der Waals surface area contributed by atoms with Crippen molar-refractivity contribution in [1.29, 1.82) is 0 Å². The minimum Gasteiger partial charge on any atom is -0.481 e. The Kier molecular flexibility index (Phi) is 5.64. The second-order valence-corrected chi connectivity index (χ2v) is 6.70. The van der Waals surface area contributed by atoms with E-state index in [0.717, 1.165) is 9.88 Å². The van der Waals surface area contributed by atoms with Gasteiger partial charge in [-0.3, -0.25) is 4.79 Å². The number of amides is 1. The average Bonchev–Trinajstić information content (AvgIpc) is 2.91. The van der Waals surface area contributed by atoms with Gasteiger partial charge < -0.3 is 10.1 Å². The third-order valence-corrected chi connectivity index (χ3v) is 4.50. The maximum Gasteiger partial charge on any atom is 0.261 e. The zero-order valence-electron chi connectivity index (χ0n) is 12.3. The van der Waals surface area contributed by atoms with Crippen LogP contribution in [-0.4, -0.2) is 23.3 Å². The highest BCUT2D eigenvalue weighted by molar-refractivity contribution is 7.98. The van der Waals surface area contributed by atoms with Gasteiger partial charge in [0.1, 0.15) is 5.75 Å². The standard InChI is InChI=1S/C15H18N2O2S2/c1-10(19-12-4-6-13(20-3)7-5-12)15(18)17-9-14-8-16-11(2)21-14/h4-8,10H,9H2,1-3H3,(H,17,18)/t10-/m0/s1. The molecule has 1 N–H and O–H groups in total. The maximum atomic E-state index is 12.0. The topological polar surface area (TPSA) is 51.2 Å². The molecular weight excluding hydrogens is 304 g/mol. The lowest BCUT2D eigenvalue weighted by Crippen LogP contribution is -2.35.